The van der Waals surface area contributed by atoms with E-state index >= 15 is 0 Å². The van der Waals surface area contributed by atoms with Crippen LogP contribution in [0.1, 0.15) is 25.7 Å². The number of aliphatic hydroxyl groups is 3. The van der Waals surface area contributed by atoms with E-state index < -0.39 is 11.5 Å². The third-order valence-corrected chi connectivity index (χ3v) is 3.36. The summed E-state index contributed by atoms with van der Waals surface area (Å²) in [6, 6.07) is 0.124. The molecule has 2 rings (SSSR count). The molecule has 70 valence electrons. The molecule has 0 aromatic carbocycles. The van der Waals surface area contributed by atoms with E-state index in [1.165, 1.54) is 0 Å². The fourth-order valence-electron chi connectivity index (χ4n) is 2.47. The summed E-state index contributed by atoms with van der Waals surface area (Å²) in [5.74, 6) is -1.91. The van der Waals surface area contributed by atoms with Gasteiger partial charge in [-0.1, -0.05) is 0 Å². The molecule has 2 aliphatic heterocycles. The van der Waals surface area contributed by atoms with Crippen molar-refractivity contribution >= 4 is 0 Å². The molecule has 2 atom stereocenters. The van der Waals surface area contributed by atoms with Crippen LogP contribution in [-0.2, 0) is 0 Å². The van der Waals surface area contributed by atoms with Gasteiger partial charge in [0.25, 0.3) is 0 Å². The molecule has 0 amide bonds. The molecule has 0 spiro atoms. The third-order valence-electron chi connectivity index (χ3n) is 3.36. The molecule has 3 N–H and O–H groups in total. The Bertz CT molecular complexity index is 206. The summed E-state index contributed by atoms with van der Waals surface area (Å²) in [4.78, 5) is 1.69. The zero-order chi connectivity index (χ0) is 8.98. The lowest BCUT2D eigenvalue weighted by molar-refractivity contribution is -0.295. The molecule has 4 heteroatoms. The largest absolute Gasteiger partial charge is 0.370 e. The highest BCUT2D eigenvalue weighted by molar-refractivity contribution is 5.05. The Morgan fingerprint density at radius 1 is 1.33 bits per heavy atom. The Morgan fingerprint density at radius 3 is 2.50 bits per heavy atom. The Balaban J connectivity index is 2.36. The maximum Gasteiger partial charge on any atom is 0.208 e. The molecule has 0 aromatic heterocycles. The van der Waals surface area contributed by atoms with Crippen LogP contribution in [0.15, 0.2) is 0 Å². The van der Waals surface area contributed by atoms with E-state index in [1.54, 1.807) is 11.9 Å². The fraction of sp³-hybridized carbons (Fsp3) is 1.00. The first-order chi connectivity index (χ1) is 5.47. The van der Waals surface area contributed by atoms with E-state index in [4.69, 9.17) is 0 Å². The van der Waals surface area contributed by atoms with E-state index in [9.17, 15) is 15.3 Å². The first-order valence-corrected chi connectivity index (χ1v) is 4.37. The summed E-state index contributed by atoms with van der Waals surface area (Å²) >= 11 is 0. The molecule has 0 aromatic rings. The average Bonchev–Trinajstić information content (AvgIpc) is 2.12. The zero-order valence-electron chi connectivity index (χ0n) is 7.19. The number of hydrogen-bond acceptors (Lipinski definition) is 4. The van der Waals surface area contributed by atoms with Crippen molar-refractivity contribution < 1.29 is 15.3 Å². The molecule has 2 bridgehead atoms. The van der Waals surface area contributed by atoms with Crippen molar-refractivity contribution in [3.05, 3.63) is 0 Å². The van der Waals surface area contributed by atoms with Crippen molar-refractivity contribution in [2.75, 3.05) is 7.05 Å². The van der Waals surface area contributed by atoms with Gasteiger partial charge in [-0.25, -0.2) is 0 Å². The zero-order valence-corrected chi connectivity index (χ0v) is 7.19. The van der Waals surface area contributed by atoms with Gasteiger partial charge in [-0.2, -0.15) is 0 Å². The van der Waals surface area contributed by atoms with Crippen molar-refractivity contribution in [1.29, 1.82) is 0 Å². The van der Waals surface area contributed by atoms with Crippen LogP contribution in [-0.4, -0.2) is 44.8 Å². The summed E-state index contributed by atoms with van der Waals surface area (Å²) < 4.78 is 0. The number of hydrogen-bond donors (Lipinski definition) is 3. The van der Waals surface area contributed by atoms with Gasteiger partial charge in [-0.15, -0.1) is 0 Å². The van der Waals surface area contributed by atoms with Crippen LogP contribution in [0.25, 0.3) is 0 Å². The quantitative estimate of drug-likeness (QED) is 0.421. The van der Waals surface area contributed by atoms with E-state index in [2.05, 4.69) is 0 Å². The topological polar surface area (TPSA) is 63.9 Å². The van der Waals surface area contributed by atoms with Crippen LogP contribution in [0.4, 0.5) is 0 Å². The molecule has 4 nitrogen and oxygen atoms in total. The molecule has 2 aliphatic rings. The number of nitrogens with zero attached hydrogens (tertiary/aromatic N) is 1. The van der Waals surface area contributed by atoms with Crippen LogP contribution < -0.4 is 0 Å². The molecule has 12 heavy (non-hydrogen) atoms. The number of fused-ring (bicyclic) bond motifs is 2. The molecule has 2 unspecified atom stereocenters. The van der Waals surface area contributed by atoms with E-state index in [1.807, 2.05) is 0 Å². The monoisotopic (exact) mass is 173 g/mol. The molecular formula is C8H15NO3. The minimum Gasteiger partial charge on any atom is -0.370 e. The maximum atomic E-state index is 9.94. The summed E-state index contributed by atoms with van der Waals surface area (Å²) in [7, 11) is 1.75. The van der Waals surface area contributed by atoms with Crippen molar-refractivity contribution in [2.24, 2.45) is 0 Å². The van der Waals surface area contributed by atoms with Gasteiger partial charge in [0, 0.05) is 12.5 Å². The van der Waals surface area contributed by atoms with Crippen molar-refractivity contribution in [1.82, 2.24) is 4.90 Å². The molecular weight excluding hydrogens is 158 g/mol. The number of likely N-dealkylation sites (N-methyl/N-ethyl adjacent to an activating group) is 1. The van der Waals surface area contributed by atoms with Crippen LogP contribution in [0, 0.1) is 0 Å². The summed E-state index contributed by atoms with van der Waals surface area (Å²) in [5.41, 5.74) is -1.41. The highest BCUT2D eigenvalue weighted by Gasteiger charge is 2.61. The second kappa shape index (κ2) is 2.20. The van der Waals surface area contributed by atoms with Crippen LogP contribution in [0.2, 0.25) is 0 Å². The number of piperidine rings is 1. The lowest BCUT2D eigenvalue weighted by atomic mass is 9.98. The Labute approximate surface area is 71.4 Å². The van der Waals surface area contributed by atoms with Crippen molar-refractivity contribution in [3.8, 4) is 0 Å². The first-order valence-electron chi connectivity index (χ1n) is 4.37. The normalized spacial score (nSPS) is 46.5. The molecule has 2 heterocycles. The molecule has 0 aliphatic carbocycles. The van der Waals surface area contributed by atoms with Gasteiger partial charge < -0.3 is 15.3 Å². The predicted molar refractivity (Wildman–Crippen MR) is 42.1 cm³/mol. The van der Waals surface area contributed by atoms with Gasteiger partial charge in [0.15, 0.2) is 5.72 Å². The summed E-state index contributed by atoms with van der Waals surface area (Å²) in [6.45, 7) is 0. The first kappa shape index (κ1) is 8.44. The second-order valence-corrected chi connectivity index (χ2v) is 3.99. The van der Waals surface area contributed by atoms with Crippen molar-refractivity contribution in [3.63, 3.8) is 0 Å². The highest BCUT2D eigenvalue weighted by Crippen LogP contribution is 2.46. The highest BCUT2D eigenvalue weighted by atomic mass is 16.5. The third kappa shape index (κ3) is 0.808. The summed E-state index contributed by atoms with van der Waals surface area (Å²) in [5, 5.41) is 29.1. The van der Waals surface area contributed by atoms with Gasteiger partial charge in [0.2, 0.25) is 5.79 Å². The van der Waals surface area contributed by atoms with Gasteiger partial charge in [0.05, 0.1) is 0 Å². The molecule has 2 fully saturated rings. The average molecular weight is 173 g/mol. The molecule has 2 saturated heterocycles. The Kier molecular flexibility index (Phi) is 1.55. The van der Waals surface area contributed by atoms with Crippen LogP contribution in [0.5, 0.6) is 0 Å². The van der Waals surface area contributed by atoms with Crippen molar-refractivity contribution in [2.45, 2.75) is 43.2 Å². The van der Waals surface area contributed by atoms with E-state index in [-0.39, 0.29) is 12.5 Å². The Morgan fingerprint density at radius 2 is 2.00 bits per heavy atom. The van der Waals surface area contributed by atoms with Gasteiger partial charge in [0.1, 0.15) is 0 Å². The fourth-order valence-corrected chi connectivity index (χ4v) is 2.47. The Hall–Kier alpha value is -0.160. The molecule has 0 saturated carbocycles. The maximum absolute atomic E-state index is 9.94. The SMILES string of the molecule is CN1C2CCCC1(O)C(O)(O)C2. The van der Waals surface area contributed by atoms with Gasteiger partial charge in [-0.3, -0.25) is 4.90 Å². The van der Waals surface area contributed by atoms with Gasteiger partial charge in [-0.05, 0) is 26.3 Å². The van der Waals surface area contributed by atoms with Gasteiger partial charge >= 0.3 is 0 Å². The lowest BCUT2D eigenvalue weighted by Crippen LogP contribution is -2.58. The van der Waals surface area contributed by atoms with E-state index in [0.29, 0.717) is 6.42 Å². The smallest absolute Gasteiger partial charge is 0.208 e. The summed E-state index contributed by atoms with van der Waals surface area (Å²) in [6.07, 6.45) is 2.53. The molecule has 0 radical (unpaired) electrons. The minimum absolute atomic E-state index is 0.124. The van der Waals surface area contributed by atoms with Crippen LogP contribution >= 0.6 is 0 Å². The number of rotatable bonds is 0. The van der Waals surface area contributed by atoms with Crippen LogP contribution in [0.3, 0.4) is 0 Å². The second-order valence-electron chi connectivity index (χ2n) is 3.99. The minimum atomic E-state index is -1.91. The standard InChI is InChI=1S/C8H15NO3/c1-9-6-3-2-4-7(9,10)8(11,12)5-6/h6,10-12H,2-5H2,1H3. The predicted octanol–water partition coefficient (Wildman–Crippen LogP) is -0.756. The van der Waals surface area contributed by atoms with E-state index in [0.717, 1.165) is 12.8 Å². The lowest BCUT2D eigenvalue weighted by Gasteiger charge is -2.41.